The number of pyridine rings is 1. The molecule has 0 saturated heterocycles. The van der Waals surface area contributed by atoms with Crippen molar-refractivity contribution in [3.05, 3.63) is 36.2 Å². The lowest BCUT2D eigenvalue weighted by Crippen LogP contribution is -2.35. The number of rotatable bonds is 3. The number of nitrogens with two attached hydrogens (primary N) is 1. The molecule has 2 N–H and O–H groups in total. The van der Waals surface area contributed by atoms with Gasteiger partial charge >= 0.3 is 0 Å². The molecule has 1 saturated carbocycles. The summed E-state index contributed by atoms with van der Waals surface area (Å²) in [5.41, 5.74) is 8.15. The summed E-state index contributed by atoms with van der Waals surface area (Å²) in [6.45, 7) is 0.580. The van der Waals surface area contributed by atoms with Crippen molar-refractivity contribution in [1.82, 2.24) is 14.5 Å². The molecule has 3 rings (SSSR count). The number of aliphatic imine (C=N–C) groups is 1. The summed E-state index contributed by atoms with van der Waals surface area (Å²) in [7, 11) is 2.01. The van der Waals surface area contributed by atoms with Crippen LogP contribution in [0.25, 0.3) is 5.52 Å². The highest BCUT2D eigenvalue weighted by molar-refractivity contribution is 14.0. The number of halogens is 1. The first-order chi connectivity index (χ1) is 8.75. The number of fused-ring (bicyclic) bond motifs is 1. The second-order valence-electron chi connectivity index (χ2n) is 4.72. The predicted octanol–water partition coefficient (Wildman–Crippen LogP) is 1.86. The van der Waals surface area contributed by atoms with E-state index >= 15 is 0 Å². The van der Waals surface area contributed by atoms with E-state index in [1.807, 2.05) is 42.2 Å². The van der Waals surface area contributed by atoms with Gasteiger partial charge in [-0.2, -0.15) is 5.10 Å². The second-order valence-corrected chi connectivity index (χ2v) is 4.72. The molecule has 0 radical (unpaired) electrons. The summed E-state index contributed by atoms with van der Waals surface area (Å²) in [6, 6.07) is 6.60. The third-order valence-corrected chi connectivity index (χ3v) is 3.37. The van der Waals surface area contributed by atoms with E-state index in [0.717, 1.165) is 11.1 Å². The van der Waals surface area contributed by atoms with Crippen LogP contribution in [0.15, 0.2) is 35.6 Å². The highest BCUT2D eigenvalue weighted by Gasteiger charge is 2.27. The van der Waals surface area contributed by atoms with Gasteiger partial charge in [-0.25, -0.2) is 9.51 Å². The van der Waals surface area contributed by atoms with Crippen molar-refractivity contribution in [3.8, 4) is 0 Å². The Morgan fingerprint density at radius 3 is 3.05 bits per heavy atom. The Morgan fingerprint density at radius 1 is 1.53 bits per heavy atom. The van der Waals surface area contributed by atoms with E-state index < -0.39 is 0 Å². The molecule has 2 aromatic heterocycles. The first kappa shape index (κ1) is 14.1. The van der Waals surface area contributed by atoms with E-state index in [9.17, 15) is 0 Å². The van der Waals surface area contributed by atoms with Gasteiger partial charge in [-0.1, -0.05) is 6.07 Å². The Balaban J connectivity index is 0.00000133. The molecule has 2 aromatic rings. The molecule has 0 bridgehead atoms. The number of hydrogen-bond donors (Lipinski definition) is 1. The Morgan fingerprint density at radius 2 is 2.32 bits per heavy atom. The second kappa shape index (κ2) is 5.77. The van der Waals surface area contributed by atoms with Gasteiger partial charge in [0, 0.05) is 24.8 Å². The monoisotopic (exact) mass is 371 g/mol. The van der Waals surface area contributed by atoms with Gasteiger partial charge in [0.25, 0.3) is 0 Å². The molecule has 0 spiro atoms. The average Bonchev–Trinajstić information content (AvgIpc) is 3.16. The largest absolute Gasteiger partial charge is 0.370 e. The van der Waals surface area contributed by atoms with Crippen molar-refractivity contribution < 1.29 is 0 Å². The lowest BCUT2D eigenvalue weighted by molar-refractivity contribution is 0.487. The Kier molecular flexibility index (Phi) is 4.28. The van der Waals surface area contributed by atoms with E-state index in [1.165, 1.54) is 12.8 Å². The SMILES string of the molecule is CN(C(N)=NCc1cnn2ccccc12)C1CC1.I. The minimum absolute atomic E-state index is 0. The maximum absolute atomic E-state index is 5.97. The van der Waals surface area contributed by atoms with Gasteiger partial charge in [-0.15, -0.1) is 24.0 Å². The lowest BCUT2D eigenvalue weighted by Gasteiger charge is -2.16. The van der Waals surface area contributed by atoms with Gasteiger partial charge in [0.05, 0.1) is 18.3 Å². The van der Waals surface area contributed by atoms with Crippen molar-refractivity contribution in [3.63, 3.8) is 0 Å². The molecule has 1 fully saturated rings. The molecular weight excluding hydrogens is 353 g/mol. The Bertz CT molecular complexity index is 587. The van der Waals surface area contributed by atoms with Crippen LogP contribution in [-0.4, -0.2) is 33.6 Å². The van der Waals surface area contributed by atoms with Crippen molar-refractivity contribution in [1.29, 1.82) is 0 Å². The first-order valence-electron chi connectivity index (χ1n) is 6.19. The van der Waals surface area contributed by atoms with Crippen LogP contribution in [0.5, 0.6) is 0 Å². The van der Waals surface area contributed by atoms with Crippen LogP contribution < -0.4 is 5.73 Å². The maximum Gasteiger partial charge on any atom is 0.191 e. The highest BCUT2D eigenvalue weighted by Crippen LogP contribution is 2.25. The van der Waals surface area contributed by atoms with E-state index in [1.54, 1.807) is 0 Å². The highest BCUT2D eigenvalue weighted by atomic mass is 127. The van der Waals surface area contributed by atoms with E-state index in [0.29, 0.717) is 18.5 Å². The predicted molar refractivity (Wildman–Crippen MR) is 86.7 cm³/mol. The smallest absolute Gasteiger partial charge is 0.191 e. The number of nitrogens with zero attached hydrogens (tertiary/aromatic N) is 4. The van der Waals surface area contributed by atoms with Crippen molar-refractivity contribution in [2.75, 3.05) is 7.05 Å². The third-order valence-electron chi connectivity index (χ3n) is 3.37. The topological polar surface area (TPSA) is 58.9 Å². The molecule has 2 heterocycles. The molecule has 1 aliphatic carbocycles. The summed E-state index contributed by atoms with van der Waals surface area (Å²) >= 11 is 0. The van der Waals surface area contributed by atoms with Crippen LogP contribution in [-0.2, 0) is 6.54 Å². The molecule has 0 aromatic carbocycles. The fourth-order valence-electron chi connectivity index (χ4n) is 2.04. The van der Waals surface area contributed by atoms with Crippen molar-refractivity contribution in [2.24, 2.45) is 10.7 Å². The molecule has 102 valence electrons. The zero-order chi connectivity index (χ0) is 12.5. The van der Waals surface area contributed by atoms with Gasteiger partial charge in [0.15, 0.2) is 5.96 Å². The normalized spacial score (nSPS) is 15.3. The van der Waals surface area contributed by atoms with Crippen LogP contribution in [0.1, 0.15) is 18.4 Å². The van der Waals surface area contributed by atoms with Crippen LogP contribution >= 0.6 is 24.0 Å². The Labute approximate surface area is 129 Å². The fourth-order valence-corrected chi connectivity index (χ4v) is 2.04. The van der Waals surface area contributed by atoms with E-state index in [4.69, 9.17) is 5.73 Å². The van der Waals surface area contributed by atoms with Crippen LogP contribution in [0.4, 0.5) is 0 Å². The zero-order valence-electron chi connectivity index (χ0n) is 10.9. The van der Waals surface area contributed by atoms with Crippen LogP contribution in [0.3, 0.4) is 0 Å². The molecule has 5 nitrogen and oxygen atoms in total. The van der Waals surface area contributed by atoms with E-state index in [-0.39, 0.29) is 24.0 Å². The van der Waals surface area contributed by atoms with Crippen LogP contribution in [0.2, 0.25) is 0 Å². The summed E-state index contributed by atoms with van der Waals surface area (Å²) in [5, 5.41) is 4.28. The molecule has 0 atom stereocenters. The van der Waals surface area contributed by atoms with Gasteiger partial charge < -0.3 is 10.6 Å². The quantitative estimate of drug-likeness (QED) is 0.509. The number of guanidine groups is 1. The standard InChI is InChI=1S/C13H17N5.HI/c1-17(11-5-6-11)13(14)15-8-10-9-16-18-7-3-2-4-12(10)18;/h2-4,7,9,11H,5-6,8H2,1H3,(H2,14,15);1H. The summed E-state index contributed by atoms with van der Waals surface area (Å²) in [4.78, 5) is 6.51. The average molecular weight is 371 g/mol. The lowest BCUT2D eigenvalue weighted by atomic mass is 10.2. The Hall–Kier alpha value is -1.31. The summed E-state index contributed by atoms with van der Waals surface area (Å²) in [5.74, 6) is 0.618. The van der Waals surface area contributed by atoms with E-state index in [2.05, 4.69) is 15.0 Å². The van der Waals surface area contributed by atoms with Gasteiger partial charge in [-0.05, 0) is 25.0 Å². The van der Waals surface area contributed by atoms with Crippen LogP contribution in [0, 0.1) is 0 Å². The minimum Gasteiger partial charge on any atom is -0.370 e. The molecule has 1 aliphatic rings. The molecule has 19 heavy (non-hydrogen) atoms. The third kappa shape index (κ3) is 2.99. The van der Waals surface area contributed by atoms with Crippen molar-refractivity contribution >= 4 is 35.5 Å². The zero-order valence-corrected chi connectivity index (χ0v) is 13.2. The fraction of sp³-hybridized carbons (Fsp3) is 0.385. The summed E-state index contributed by atoms with van der Waals surface area (Å²) in [6.07, 6.45) is 6.23. The summed E-state index contributed by atoms with van der Waals surface area (Å²) < 4.78 is 1.85. The number of hydrogen-bond acceptors (Lipinski definition) is 2. The molecule has 6 heteroatoms. The molecule has 0 aliphatic heterocycles. The first-order valence-corrected chi connectivity index (χ1v) is 6.19. The molecule has 0 unspecified atom stereocenters. The van der Waals surface area contributed by atoms with Gasteiger partial charge in [0.2, 0.25) is 0 Å². The van der Waals surface area contributed by atoms with Crippen molar-refractivity contribution in [2.45, 2.75) is 25.4 Å². The van der Waals surface area contributed by atoms with Gasteiger partial charge in [0.1, 0.15) is 0 Å². The maximum atomic E-state index is 5.97. The minimum atomic E-state index is 0. The molecule has 0 amide bonds. The number of aromatic nitrogens is 2. The molecular formula is C13H18IN5. The van der Waals surface area contributed by atoms with Gasteiger partial charge in [-0.3, -0.25) is 0 Å².